The molecule has 3 heterocycles. The lowest BCUT2D eigenvalue weighted by atomic mass is 10.1. The van der Waals surface area contributed by atoms with Crippen LogP contribution in [0.1, 0.15) is 10.4 Å². The number of ether oxygens (including phenoxy) is 2. The number of nitrogen functional groups attached to an aromatic ring is 1. The molecule has 11 heteroatoms. The first-order valence-electron chi connectivity index (χ1n) is 11.3. The van der Waals surface area contributed by atoms with Crippen molar-refractivity contribution in [1.29, 1.82) is 0 Å². The van der Waals surface area contributed by atoms with Gasteiger partial charge in [0.05, 0.1) is 26.1 Å². The van der Waals surface area contributed by atoms with Gasteiger partial charge in [-0.25, -0.2) is 14.4 Å². The van der Waals surface area contributed by atoms with E-state index >= 15 is 0 Å². The first-order chi connectivity index (χ1) is 17.5. The summed E-state index contributed by atoms with van der Waals surface area (Å²) in [5.41, 5.74) is 8.72. The number of halogens is 1. The maximum absolute atomic E-state index is 13.2. The molecule has 2 aromatic heterocycles. The van der Waals surface area contributed by atoms with E-state index in [0.29, 0.717) is 65.9 Å². The molecule has 0 aliphatic carbocycles. The van der Waals surface area contributed by atoms with Crippen LogP contribution in [0.4, 0.5) is 16.2 Å². The fourth-order valence-corrected chi connectivity index (χ4v) is 4.16. The summed E-state index contributed by atoms with van der Waals surface area (Å²) < 4.78 is 24.0. The molecule has 1 aliphatic heterocycles. The van der Waals surface area contributed by atoms with Crippen molar-refractivity contribution in [2.24, 2.45) is 0 Å². The number of carbonyl (C=O) groups excluding carboxylic acids is 1. The summed E-state index contributed by atoms with van der Waals surface area (Å²) in [5.74, 6) is 1.32. The van der Waals surface area contributed by atoms with Crippen LogP contribution in [0, 0.1) is 5.82 Å². The smallest absolute Gasteiger partial charge is 0.253 e. The minimum absolute atomic E-state index is 0.0930. The summed E-state index contributed by atoms with van der Waals surface area (Å²) in [7, 11) is 3.15. The lowest BCUT2D eigenvalue weighted by Gasteiger charge is -2.35. The average molecular weight is 490 g/mol. The number of rotatable bonds is 5. The van der Waals surface area contributed by atoms with Gasteiger partial charge in [0.2, 0.25) is 5.95 Å². The molecule has 0 radical (unpaired) electrons. The summed E-state index contributed by atoms with van der Waals surface area (Å²) in [5, 5.41) is 0. The van der Waals surface area contributed by atoms with Gasteiger partial charge in [-0.1, -0.05) is 0 Å². The highest BCUT2D eigenvalue weighted by atomic mass is 19.1. The lowest BCUT2D eigenvalue weighted by molar-refractivity contribution is 0.0746. The van der Waals surface area contributed by atoms with Crippen molar-refractivity contribution in [1.82, 2.24) is 24.8 Å². The van der Waals surface area contributed by atoms with Crippen LogP contribution in [-0.4, -0.2) is 71.1 Å². The second kappa shape index (κ2) is 9.61. The van der Waals surface area contributed by atoms with E-state index in [1.807, 2.05) is 17.0 Å². The molecule has 4 aromatic rings. The Hall–Kier alpha value is -4.54. The van der Waals surface area contributed by atoms with E-state index in [2.05, 4.69) is 15.0 Å². The Labute approximate surface area is 206 Å². The fraction of sp³-hybridized carbons (Fsp3) is 0.240. The minimum Gasteiger partial charge on any atom is -0.493 e. The normalized spacial score (nSPS) is 13.6. The van der Waals surface area contributed by atoms with Gasteiger partial charge in [-0.3, -0.25) is 4.79 Å². The summed E-state index contributed by atoms with van der Waals surface area (Å²) in [6.45, 7) is 1.95. The molecule has 36 heavy (non-hydrogen) atoms. The second-order valence-electron chi connectivity index (χ2n) is 8.19. The third kappa shape index (κ3) is 4.42. The molecule has 1 saturated heterocycles. The highest BCUT2D eigenvalue weighted by Crippen LogP contribution is 2.33. The van der Waals surface area contributed by atoms with E-state index in [9.17, 15) is 9.18 Å². The number of piperazine rings is 1. The van der Waals surface area contributed by atoms with Crippen molar-refractivity contribution in [2.45, 2.75) is 0 Å². The van der Waals surface area contributed by atoms with Crippen LogP contribution in [-0.2, 0) is 0 Å². The second-order valence-corrected chi connectivity index (χ2v) is 8.19. The molecule has 10 nitrogen and oxygen atoms in total. The van der Waals surface area contributed by atoms with Crippen molar-refractivity contribution < 1.29 is 18.7 Å². The Morgan fingerprint density at radius 3 is 2.36 bits per heavy atom. The van der Waals surface area contributed by atoms with E-state index in [1.165, 1.54) is 24.3 Å². The number of hydrogen-bond acceptors (Lipinski definition) is 9. The number of aromatic nitrogens is 4. The number of hydrogen-bond donors (Lipinski definition) is 1. The molecule has 0 unspecified atom stereocenters. The zero-order valence-electron chi connectivity index (χ0n) is 19.8. The van der Waals surface area contributed by atoms with Crippen molar-refractivity contribution in [3.8, 4) is 22.8 Å². The average Bonchev–Trinajstić information content (AvgIpc) is 2.92. The standard InChI is InChI=1S/C25H24FN7O3/c1-35-19-8-5-16(13-20(19)36-2)18-14-28-22-21(29-18)23(31-25(27)30-22)32-9-11-33(12-10-32)24(34)15-3-6-17(26)7-4-15/h3-8,13-14H,9-12H2,1-2H3,(H2,27,28,30,31). The van der Waals surface area contributed by atoms with Gasteiger partial charge in [0, 0.05) is 37.3 Å². The van der Waals surface area contributed by atoms with E-state index in [-0.39, 0.29) is 17.7 Å². The van der Waals surface area contributed by atoms with Crippen LogP contribution in [0.15, 0.2) is 48.7 Å². The lowest BCUT2D eigenvalue weighted by Crippen LogP contribution is -2.49. The van der Waals surface area contributed by atoms with Crippen LogP contribution in [0.3, 0.4) is 0 Å². The van der Waals surface area contributed by atoms with Crippen LogP contribution >= 0.6 is 0 Å². The SMILES string of the molecule is COc1ccc(-c2cnc3nc(N)nc(N4CCN(C(=O)c5ccc(F)cc5)CC4)c3n2)cc1OC. The Kier molecular flexibility index (Phi) is 6.19. The van der Waals surface area contributed by atoms with Gasteiger partial charge in [-0.05, 0) is 42.5 Å². The molecule has 0 bridgehead atoms. The highest BCUT2D eigenvalue weighted by molar-refractivity contribution is 5.94. The molecule has 0 spiro atoms. The number of anilines is 2. The number of nitrogens with zero attached hydrogens (tertiary/aromatic N) is 6. The maximum Gasteiger partial charge on any atom is 0.253 e. The van der Waals surface area contributed by atoms with Crippen LogP contribution in [0.2, 0.25) is 0 Å². The van der Waals surface area contributed by atoms with Gasteiger partial charge in [-0.2, -0.15) is 9.97 Å². The predicted octanol–water partition coefficient (Wildman–Crippen LogP) is 2.79. The van der Waals surface area contributed by atoms with Crippen LogP contribution in [0.5, 0.6) is 11.5 Å². The van der Waals surface area contributed by atoms with Crippen LogP contribution in [0.25, 0.3) is 22.4 Å². The molecule has 184 valence electrons. The Balaban J connectivity index is 1.42. The molecular formula is C25H24FN7O3. The zero-order valence-corrected chi connectivity index (χ0v) is 19.8. The third-order valence-corrected chi connectivity index (χ3v) is 6.04. The zero-order chi connectivity index (χ0) is 25.2. The van der Waals surface area contributed by atoms with Crippen LogP contribution < -0.4 is 20.1 Å². The number of methoxy groups -OCH3 is 2. The molecule has 0 atom stereocenters. The van der Waals surface area contributed by atoms with Gasteiger partial charge in [-0.15, -0.1) is 0 Å². The molecule has 1 amide bonds. The first-order valence-corrected chi connectivity index (χ1v) is 11.3. The maximum atomic E-state index is 13.2. The van der Waals surface area contributed by atoms with Crippen molar-refractivity contribution in [3.63, 3.8) is 0 Å². The Morgan fingerprint density at radius 1 is 0.944 bits per heavy atom. The van der Waals surface area contributed by atoms with Gasteiger partial charge in [0.15, 0.2) is 28.5 Å². The summed E-state index contributed by atoms with van der Waals surface area (Å²) in [4.78, 5) is 34.5. The van der Waals surface area contributed by atoms with E-state index in [4.69, 9.17) is 20.2 Å². The molecule has 1 fully saturated rings. The molecule has 1 aliphatic rings. The van der Waals surface area contributed by atoms with Gasteiger partial charge in [0.25, 0.3) is 5.91 Å². The molecule has 2 aromatic carbocycles. The van der Waals surface area contributed by atoms with Crippen molar-refractivity contribution in [2.75, 3.05) is 51.0 Å². The summed E-state index contributed by atoms with van der Waals surface area (Å²) >= 11 is 0. The number of nitrogens with two attached hydrogens (primary N) is 1. The fourth-order valence-electron chi connectivity index (χ4n) is 4.16. The quantitative estimate of drug-likeness (QED) is 0.451. The third-order valence-electron chi connectivity index (χ3n) is 6.04. The first kappa shape index (κ1) is 23.2. The largest absolute Gasteiger partial charge is 0.493 e. The summed E-state index contributed by atoms with van der Waals surface area (Å²) in [6.07, 6.45) is 1.62. The topological polar surface area (TPSA) is 120 Å². The van der Waals surface area contributed by atoms with E-state index in [0.717, 1.165) is 5.56 Å². The number of amides is 1. The minimum atomic E-state index is -0.377. The number of benzene rings is 2. The highest BCUT2D eigenvalue weighted by Gasteiger charge is 2.25. The van der Waals surface area contributed by atoms with Gasteiger partial charge < -0.3 is 25.0 Å². The Morgan fingerprint density at radius 2 is 1.67 bits per heavy atom. The molecule has 0 saturated carbocycles. The molecular weight excluding hydrogens is 465 g/mol. The monoisotopic (exact) mass is 489 g/mol. The molecule has 2 N–H and O–H groups in total. The van der Waals surface area contributed by atoms with Gasteiger partial charge >= 0.3 is 0 Å². The van der Waals surface area contributed by atoms with E-state index < -0.39 is 0 Å². The van der Waals surface area contributed by atoms with Crippen molar-refractivity contribution >= 4 is 28.8 Å². The van der Waals surface area contributed by atoms with Crippen molar-refractivity contribution in [3.05, 3.63) is 60.0 Å². The Bertz CT molecular complexity index is 1420. The predicted molar refractivity (Wildman–Crippen MR) is 133 cm³/mol. The van der Waals surface area contributed by atoms with E-state index in [1.54, 1.807) is 31.4 Å². The number of carbonyl (C=O) groups is 1. The summed E-state index contributed by atoms with van der Waals surface area (Å²) in [6, 6.07) is 11.1. The van der Waals surface area contributed by atoms with Gasteiger partial charge in [0.1, 0.15) is 5.82 Å². The number of fused-ring (bicyclic) bond motifs is 1. The molecule has 5 rings (SSSR count).